The molecule has 0 N–H and O–H groups in total. The highest BCUT2D eigenvalue weighted by atomic mass is 16.1. The summed E-state index contributed by atoms with van der Waals surface area (Å²) in [5, 5.41) is 0. The quantitative estimate of drug-likeness (QED) is 0.799. The summed E-state index contributed by atoms with van der Waals surface area (Å²) in [6, 6.07) is 0. The second-order valence-electron chi connectivity index (χ2n) is 4.62. The van der Waals surface area contributed by atoms with Gasteiger partial charge in [0.05, 0.1) is 0 Å². The first-order chi connectivity index (χ1) is 8.20. The third-order valence-electron chi connectivity index (χ3n) is 3.45. The second kappa shape index (κ2) is 5.25. The van der Waals surface area contributed by atoms with Crippen molar-refractivity contribution in [1.29, 1.82) is 0 Å². The van der Waals surface area contributed by atoms with Gasteiger partial charge in [0, 0.05) is 31.4 Å². The molecule has 0 amide bonds. The van der Waals surface area contributed by atoms with Gasteiger partial charge in [0.15, 0.2) is 0 Å². The summed E-state index contributed by atoms with van der Waals surface area (Å²) >= 11 is 0. The number of ketones is 1. The highest BCUT2D eigenvalue weighted by Gasteiger charge is 2.23. The lowest BCUT2D eigenvalue weighted by atomic mass is 9.93. The maximum Gasteiger partial charge on any atom is 0.225 e. The molecule has 1 aromatic heterocycles. The predicted molar refractivity (Wildman–Crippen MR) is 67.0 cm³/mol. The van der Waals surface area contributed by atoms with E-state index < -0.39 is 0 Å². The molecule has 4 nitrogen and oxygen atoms in total. The predicted octanol–water partition coefficient (Wildman–Crippen LogP) is 1.84. The Morgan fingerprint density at radius 1 is 1.35 bits per heavy atom. The first-order valence-corrected chi connectivity index (χ1v) is 6.27. The number of nitrogens with zero attached hydrogens (tertiary/aromatic N) is 3. The van der Waals surface area contributed by atoms with Gasteiger partial charge < -0.3 is 4.90 Å². The van der Waals surface area contributed by atoms with Crippen molar-refractivity contribution in [3.8, 4) is 0 Å². The standard InChI is InChI=1S/C13H19N3O/c1-3-11-8-14-13(15-9-11)16-6-4-12(5-7-16)10(2)17/h8-9,12H,3-7H2,1-2H3. The van der Waals surface area contributed by atoms with Crippen molar-refractivity contribution in [3.05, 3.63) is 18.0 Å². The molecule has 1 saturated heterocycles. The van der Waals surface area contributed by atoms with Crippen LogP contribution >= 0.6 is 0 Å². The molecule has 2 heterocycles. The van der Waals surface area contributed by atoms with E-state index in [0.717, 1.165) is 43.9 Å². The Labute approximate surface area is 102 Å². The van der Waals surface area contributed by atoms with E-state index in [1.807, 2.05) is 12.4 Å². The molecule has 1 aromatic rings. The van der Waals surface area contributed by atoms with E-state index in [2.05, 4.69) is 21.8 Å². The van der Waals surface area contributed by atoms with E-state index in [0.29, 0.717) is 5.78 Å². The van der Waals surface area contributed by atoms with Crippen LogP contribution in [0.5, 0.6) is 0 Å². The molecular weight excluding hydrogens is 214 g/mol. The van der Waals surface area contributed by atoms with Crippen molar-refractivity contribution in [2.75, 3.05) is 18.0 Å². The Morgan fingerprint density at radius 2 is 1.94 bits per heavy atom. The summed E-state index contributed by atoms with van der Waals surface area (Å²) < 4.78 is 0. The van der Waals surface area contributed by atoms with E-state index >= 15 is 0 Å². The van der Waals surface area contributed by atoms with Gasteiger partial charge in [0.2, 0.25) is 5.95 Å². The van der Waals surface area contributed by atoms with Crippen molar-refractivity contribution < 1.29 is 4.79 Å². The highest BCUT2D eigenvalue weighted by molar-refractivity contribution is 5.78. The molecule has 1 fully saturated rings. The molecule has 0 bridgehead atoms. The molecule has 0 aliphatic carbocycles. The number of hydrogen-bond donors (Lipinski definition) is 0. The largest absolute Gasteiger partial charge is 0.341 e. The van der Waals surface area contributed by atoms with E-state index in [1.165, 1.54) is 0 Å². The van der Waals surface area contributed by atoms with Gasteiger partial charge in [-0.3, -0.25) is 4.79 Å². The molecule has 17 heavy (non-hydrogen) atoms. The third-order valence-corrected chi connectivity index (χ3v) is 3.45. The number of Topliss-reactive ketones (excluding diaryl/α,β-unsaturated/α-hetero) is 1. The summed E-state index contributed by atoms with van der Waals surface area (Å²) in [6.07, 6.45) is 6.59. The summed E-state index contributed by atoms with van der Waals surface area (Å²) in [6.45, 7) is 5.55. The number of aromatic nitrogens is 2. The third kappa shape index (κ3) is 2.81. The number of piperidine rings is 1. The smallest absolute Gasteiger partial charge is 0.225 e. The Morgan fingerprint density at radius 3 is 2.41 bits per heavy atom. The fraction of sp³-hybridized carbons (Fsp3) is 0.615. The van der Waals surface area contributed by atoms with Gasteiger partial charge in [-0.05, 0) is 31.7 Å². The van der Waals surface area contributed by atoms with Crippen molar-refractivity contribution in [2.24, 2.45) is 5.92 Å². The van der Waals surface area contributed by atoms with Crippen LogP contribution in [0, 0.1) is 5.92 Å². The molecule has 92 valence electrons. The highest BCUT2D eigenvalue weighted by Crippen LogP contribution is 2.20. The van der Waals surface area contributed by atoms with E-state index in [1.54, 1.807) is 6.92 Å². The number of carbonyl (C=O) groups excluding carboxylic acids is 1. The minimum Gasteiger partial charge on any atom is -0.341 e. The molecule has 0 spiro atoms. The summed E-state index contributed by atoms with van der Waals surface area (Å²) in [4.78, 5) is 22.2. The normalized spacial score (nSPS) is 17.2. The van der Waals surface area contributed by atoms with Gasteiger partial charge in [0.25, 0.3) is 0 Å². The van der Waals surface area contributed by atoms with Crippen LogP contribution in [0.15, 0.2) is 12.4 Å². The molecule has 0 saturated carbocycles. The average molecular weight is 233 g/mol. The first kappa shape index (κ1) is 12.0. The van der Waals surface area contributed by atoms with Crippen LogP contribution in [0.25, 0.3) is 0 Å². The van der Waals surface area contributed by atoms with Crippen LogP contribution in [0.1, 0.15) is 32.3 Å². The van der Waals surface area contributed by atoms with Crippen LogP contribution in [0.3, 0.4) is 0 Å². The molecule has 4 heteroatoms. The van der Waals surface area contributed by atoms with Gasteiger partial charge in [-0.25, -0.2) is 9.97 Å². The van der Waals surface area contributed by atoms with Gasteiger partial charge in [-0.2, -0.15) is 0 Å². The van der Waals surface area contributed by atoms with Gasteiger partial charge >= 0.3 is 0 Å². The van der Waals surface area contributed by atoms with Gasteiger partial charge in [-0.1, -0.05) is 6.92 Å². The molecule has 0 atom stereocenters. The molecule has 0 unspecified atom stereocenters. The van der Waals surface area contributed by atoms with Crippen molar-refractivity contribution in [1.82, 2.24) is 9.97 Å². The Hall–Kier alpha value is -1.45. The maximum absolute atomic E-state index is 11.3. The second-order valence-corrected chi connectivity index (χ2v) is 4.62. The minimum atomic E-state index is 0.237. The van der Waals surface area contributed by atoms with E-state index in [-0.39, 0.29) is 5.92 Å². The van der Waals surface area contributed by atoms with Crippen LogP contribution in [-0.4, -0.2) is 28.8 Å². The van der Waals surface area contributed by atoms with Gasteiger partial charge in [0.1, 0.15) is 5.78 Å². The van der Waals surface area contributed by atoms with E-state index in [4.69, 9.17) is 0 Å². The van der Waals surface area contributed by atoms with Crippen LogP contribution in [-0.2, 0) is 11.2 Å². The first-order valence-electron chi connectivity index (χ1n) is 6.27. The van der Waals surface area contributed by atoms with Crippen LogP contribution < -0.4 is 4.90 Å². The molecule has 1 aliphatic rings. The zero-order valence-electron chi connectivity index (χ0n) is 10.5. The number of hydrogen-bond acceptors (Lipinski definition) is 4. The topological polar surface area (TPSA) is 46.1 Å². The zero-order chi connectivity index (χ0) is 12.3. The number of carbonyl (C=O) groups is 1. The zero-order valence-corrected chi connectivity index (χ0v) is 10.5. The Kier molecular flexibility index (Phi) is 3.71. The average Bonchev–Trinajstić information content (AvgIpc) is 2.39. The Balaban J connectivity index is 1.97. The van der Waals surface area contributed by atoms with Crippen LogP contribution in [0.4, 0.5) is 5.95 Å². The summed E-state index contributed by atoms with van der Waals surface area (Å²) in [5.74, 6) is 1.34. The van der Waals surface area contributed by atoms with Crippen LogP contribution in [0.2, 0.25) is 0 Å². The van der Waals surface area contributed by atoms with Crippen molar-refractivity contribution in [2.45, 2.75) is 33.1 Å². The molecule has 0 radical (unpaired) electrons. The lowest BCUT2D eigenvalue weighted by Gasteiger charge is -2.30. The number of aryl methyl sites for hydroxylation is 1. The molecule has 2 rings (SSSR count). The molecule has 1 aliphatic heterocycles. The van der Waals surface area contributed by atoms with Gasteiger partial charge in [-0.15, -0.1) is 0 Å². The monoisotopic (exact) mass is 233 g/mol. The fourth-order valence-corrected chi connectivity index (χ4v) is 2.18. The lowest BCUT2D eigenvalue weighted by Crippen LogP contribution is -2.36. The van der Waals surface area contributed by atoms with E-state index in [9.17, 15) is 4.79 Å². The number of rotatable bonds is 3. The SMILES string of the molecule is CCc1cnc(N2CCC(C(C)=O)CC2)nc1. The summed E-state index contributed by atoms with van der Waals surface area (Å²) in [5.41, 5.74) is 1.16. The molecule has 0 aromatic carbocycles. The molecular formula is C13H19N3O. The summed E-state index contributed by atoms with van der Waals surface area (Å²) in [7, 11) is 0. The Bertz CT molecular complexity index is 380. The fourth-order valence-electron chi connectivity index (χ4n) is 2.18. The van der Waals surface area contributed by atoms with Crippen molar-refractivity contribution >= 4 is 11.7 Å². The lowest BCUT2D eigenvalue weighted by molar-refractivity contribution is -0.121. The maximum atomic E-state index is 11.3. The van der Waals surface area contributed by atoms with Crippen molar-refractivity contribution in [3.63, 3.8) is 0 Å². The number of anilines is 1. The minimum absolute atomic E-state index is 0.237.